The number of benzene rings is 1. The van der Waals surface area contributed by atoms with Crippen molar-refractivity contribution in [3.63, 3.8) is 0 Å². The van der Waals surface area contributed by atoms with Gasteiger partial charge < -0.3 is 25.0 Å². The van der Waals surface area contributed by atoms with E-state index in [0.29, 0.717) is 17.3 Å². The maximum Gasteiger partial charge on any atom is 0.387 e. The van der Waals surface area contributed by atoms with Crippen LogP contribution in [0.2, 0.25) is 0 Å². The van der Waals surface area contributed by atoms with Crippen LogP contribution in [0.3, 0.4) is 0 Å². The van der Waals surface area contributed by atoms with Gasteiger partial charge in [-0.15, -0.1) is 0 Å². The number of nitrogens with one attached hydrogen (secondary N) is 2. The number of ether oxygens (including phenoxy) is 2. The van der Waals surface area contributed by atoms with Crippen molar-refractivity contribution in [3.05, 3.63) is 23.8 Å². The minimum atomic E-state index is -2.88. The monoisotopic (exact) mass is 384 g/mol. The molecule has 0 saturated carbocycles. The number of guanidine groups is 1. The van der Waals surface area contributed by atoms with Gasteiger partial charge in [0.2, 0.25) is 0 Å². The molecule has 0 amide bonds. The Balaban J connectivity index is 1.93. The van der Waals surface area contributed by atoms with Gasteiger partial charge in [-0.2, -0.15) is 8.78 Å². The van der Waals surface area contributed by atoms with E-state index < -0.39 is 6.61 Å². The van der Waals surface area contributed by atoms with Crippen LogP contribution in [0.4, 0.5) is 8.78 Å². The molecule has 2 N–H and O–H groups in total. The third-order valence-electron chi connectivity index (χ3n) is 4.38. The van der Waals surface area contributed by atoms with Crippen molar-refractivity contribution in [1.29, 1.82) is 0 Å². The standard InChI is InChI=1S/C19H30F2N4O2/c1-3-22-19(23-9-6-12-25-10-4-5-11-25)24-14-15-13-16(26-2)7-8-17(15)27-18(20)21/h7-8,13,18H,3-6,9-12,14H2,1-2H3,(H2,22,23,24). The van der Waals surface area contributed by atoms with Gasteiger partial charge in [-0.25, -0.2) is 4.99 Å². The summed E-state index contributed by atoms with van der Waals surface area (Å²) >= 11 is 0. The van der Waals surface area contributed by atoms with Crippen LogP contribution in [0.1, 0.15) is 31.7 Å². The zero-order valence-corrected chi connectivity index (χ0v) is 16.1. The Bertz CT molecular complexity index is 593. The predicted octanol–water partition coefficient (Wildman–Crippen LogP) is 2.84. The van der Waals surface area contributed by atoms with Crippen molar-refractivity contribution in [2.75, 3.05) is 39.8 Å². The number of methoxy groups -OCH3 is 1. The van der Waals surface area contributed by atoms with Crippen molar-refractivity contribution >= 4 is 5.96 Å². The van der Waals surface area contributed by atoms with E-state index in [1.54, 1.807) is 12.1 Å². The molecule has 1 aliphatic rings. The Morgan fingerprint density at radius 3 is 2.70 bits per heavy atom. The van der Waals surface area contributed by atoms with Crippen LogP contribution in [0, 0.1) is 0 Å². The summed E-state index contributed by atoms with van der Waals surface area (Å²) in [6, 6.07) is 4.73. The second kappa shape index (κ2) is 11.6. The molecule has 27 heavy (non-hydrogen) atoms. The molecule has 0 radical (unpaired) electrons. The summed E-state index contributed by atoms with van der Waals surface area (Å²) in [7, 11) is 1.53. The fraction of sp³-hybridized carbons (Fsp3) is 0.632. The van der Waals surface area contributed by atoms with E-state index in [-0.39, 0.29) is 12.3 Å². The van der Waals surface area contributed by atoms with Crippen LogP contribution in [0.5, 0.6) is 11.5 Å². The zero-order chi connectivity index (χ0) is 19.5. The smallest absolute Gasteiger partial charge is 0.387 e. The molecule has 1 fully saturated rings. The zero-order valence-electron chi connectivity index (χ0n) is 16.1. The highest BCUT2D eigenvalue weighted by Gasteiger charge is 2.12. The van der Waals surface area contributed by atoms with Crippen molar-refractivity contribution in [1.82, 2.24) is 15.5 Å². The largest absolute Gasteiger partial charge is 0.497 e. The fourth-order valence-electron chi connectivity index (χ4n) is 3.04. The number of halogens is 2. The third kappa shape index (κ3) is 7.58. The summed E-state index contributed by atoms with van der Waals surface area (Å²) in [6.07, 6.45) is 3.62. The van der Waals surface area contributed by atoms with Gasteiger partial charge in [-0.05, 0) is 64.0 Å². The molecule has 0 atom stereocenters. The lowest BCUT2D eigenvalue weighted by Crippen LogP contribution is -2.38. The number of hydrogen-bond donors (Lipinski definition) is 2. The van der Waals surface area contributed by atoms with E-state index in [1.165, 1.54) is 39.1 Å². The van der Waals surface area contributed by atoms with Gasteiger partial charge >= 0.3 is 6.61 Å². The number of hydrogen-bond acceptors (Lipinski definition) is 4. The third-order valence-corrected chi connectivity index (χ3v) is 4.38. The van der Waals surface area contributed by atoms with Crippen LogP contribution in [0.15, 0.2) is 23.2 Å². The topological polar surface area (TPSA) is 58.1 Å². The Hall–Kier alpha value is -2.09. The van der Waals surface area contributed by atoms with E-state index in [1.807, 2.05) is 6.92 Å². The lowest BCUT2D eigenvalue weighted by molar-refractivity contribution is -0.0504. The van der Waals surface area contributed by atoms with Crippen molar-refractivity contribution in [3.8, 4) is 11.5 Å². The number of alkyl halides is 2. The lowest BCUT2D eigenvalue weighted by Gasteiger charge is -2.16. The molecule has 1 aliphatic heterocycles. The summed E-state index contributed by atoms with van der Waals surface area (Å²) in [6.45, 7) is 4.30. The molecule has 152 valence electrons. The van der Waals surface area contributed by atoms with Gasteiger partial charge in [0.1, 0.15) is 11.5 Å². The second-order valence-corrected chi connectivity index (χ2v) is 6.38. The molecule has 6 nitrogen and oxygen atoms in total. The summed E-state index contributed by atoms with van der Waals surface area (Å²) in [4.78, 5) is 6.96. The van der Waals surface area contributed by atoms with Gasteiger partial charge in [0.25, 0.3) is 0 Å². The molecule has 1 saturated heterocycles. The fourth-order valence-corrected chi connectivity index (χ4v) is 3.04. The first-order valence-corrected chi connectivity index (χ1v) is 9.48. The highest BCUT2D eigenvalue weighted by atomic mass is 19.3. The van der Waals surface area contributed by atoms with Gasteiger partial charge in [0.15, 0.2) is 5.96 Å². The van der Waals surface area contributed by atoms with Crippen LogP contribution >= 0.6 is 0 Å². The minimum Gasteiger partial charge on any atom is -0.497 e. The predicted molar refractivity (Wildman–Crippen MR) is 103 cm³/mol. The molecule has 0 unspecified atom stereocenters. The van der Waals surface area contributed by atoms with Crippen LogP contribution in [-0.2, 0) is 6.54 Å². The maximum absolute atomic E-state index is 12.6. The molecule has 0 bridgehead atoms. The van der Waals surface area contributed by atoms with Crippen LogP contribution in [-0.4, -0.2) is 57.3 Å². The summed E-state index contributed by atoms with van der Waals surface area (Å²) in [5, 5.41) is 6.47. The van der Waals surface area contributed by atoms with E-state index in [9.17, 15) is 8.78 Å². The minimum absolute atomic E-state index is 0.111. The van der Waals surface area contributed by atoms with Gasteiger partial charge in [0, 0.05) is 18.7 Å². The summed E-state index contributed by atoms with van der Waals surface area (Å²) < 4.78 is 35.0. The Morgan fingerprint density at radius 1 is 1.26 bits per heavy atom. The molecule has 1 aromatic rings. The molecular formula is C19H30F2N4O2. The number of nitrogens with zero attached hydrogens (tertiary/aromatic N) is 2. The summed E-state index contributed by atoms with van der Waals surface area (Å²) in [5.41, 5.74) is 0.545. The first-order chi connectivity index (χ1) is 13.1. The Labute approximate surface area is 159 Å². The number of aliphatic imine (C=N–C) groups is 1. The molecule has 0 aromatic heterocycles. The van der Waals surface area contributed by atoms with Crippen molar-refractivity contribution < 1.29 is 18.3 Å². The quantitative estimate of drug-likeness (QED) is 0.369. The number of rotatable bonds is 10. The highest BCUT2D eigenvalue weighted by Crippen LogP contribution is 2.26. The Morgan fingerprint density at radius 2 is 2.04 bits per heavy atom. The molecule has 1 aromatic carbocycles. The lowest BCUT2D eigenvalue weighted by atomic mass is 10.2. The van der Waals surface area contributed by atoms with Gasteiger partial charge in [-0.3, -0.25) is 0 Å². The van der Waals surface area contributed by atoms with E-state index in [4.69, 9.17) is 4.74 Å². The van der Waals surface area contributed by atoms with E-state index >= 15 is 0 Å². The summed E-state index contributed by atoms with van der Waals surface area (Å²) in [5.74, 6) is 1.34. The van der Waals surface area contributed by atoms with Crippen LogP contribution < -0.4 is 20.1 Å². The number of likely N-dealkylation sites (tertiary alicyclic amines) is 1. The average Bonchev–Trinajstić information content (AvgIpc) is 3.17. The highest BCUT2D eigenvalue weighted by molar-refractivity contribution is 5.79. The van der Waals surface area contributed by atoms with Gasteiger partial charge in [0.05, 0.1) is 13.7 Å². The SMILES string of the molecule is CCNC(=NCc1cc(OC)ccc1OC(F)F)NCCCN1CCCC1. The molecule has 2 rings (SSSR count). The molecular weight excluding hydrogens is 354 g/mol. The first-order valence-electron chi connectivity index (χ1n) is 9.48. The molecule has 1 heterocycles. The van der Waals surface area contributed by atoms with Gasteiger partial charge in [-0.1, -0.05) is 0 Å². The molecule has 0 spiro atoms. The van der Waals surface area contributed by atoms with E-state index in [0.717, 1.165) is 26.1 Å². The molecule has 0 aliphatic carbocycles. The van der Waals surface area contributed by atoms with E-state index in [2.05, 4.69) is 25.3 Å². The molecule has 8 heteroatoms. The van der Waals surface area contributed by atoms with Crippen molar-refractivity contribution in [2.45, 2.75) is 39.3 Å². The maximum atomic E-state index is 12.6. The normalized spacial score (nSPS) is 15.2. The first kappa shape index (κ1) is 21.2. The van der Waals surface area contributed by atoms with Crippen molar-refractivity contribution in [2.24, 2.45) is 4.99 Å². The average molecular weight is 384 g/mol. The Kier molecular flexibility index (Phi) is 9.10. The second-order valence-electron chi connectivity index (χ2n) is 6.38. The van der Waals surface area contributed by atoms with Crippen LogP contribution in [0.25, 0.3) is 0 Å².